The number of aliphatic hydroxyl groups excluding tert-OH is 2. The Hall–Kier alpha value is -2.86. The summed E-state index contributed by atoms with van der Waals surface area (Å²) in [5.41, 5.74) is 0.589. The van der Waals surface area contributed by atoms with Crippen LogP contribution in [0.1, 0.15) is 91.6 Å². The van der Waals surface area contributed by atoms with E-state index in [0.29, 0.717) is 12.2 Å². The van der Waals surface area contributed by atoms with Crippen molar-refractivity contribution in [1.82, 2.24) is 9.80 Å². The van der Waals surface area contributed by atoms with Crippen LogP contribution in [0.15, 0.2) is 47.8 Å². The summed E-state index contributed by atoms with van der Waals surface area (Å²) in [5, 5.41) is 21.8. The number of rotatable bonds is 14. The van der Waals surface area contributed by atoms with Crippen molar-refractivity contribution in [3.63, 3.8) is 0 Å². The summed E-state index contributed by atoms with van der Waals surface area (Å²) in [6.07, 6.45) is -12.4. The molecule has 0 aromatic heterocycles. The van der Waals surface area contributed by atoms with E-state index >= 15 is 0 Å². The zero-order chi connectivity index (χ0) is 32.7. The van der Waals surface area contributed by atoms with Gasteiger partial charge in [-0.1, -0.05) is 24.3 Å². The Bertz CT molecular complexity index is 1000. The standard InChI is InChI=1S/C30H42F6N2O4/c1-17(2)37(18(3)4)23(15-27(41)29(31,32)33)13-25(39)21-9-11-22(12-10-21)26(40)14-24(16-28(42)30(34,35)36)38(19(5)6)20(7)8/h9-12,15-20,25-26,39-40H,13-14H2,1-8H3/b23-15-,24-16+. The first kappa shape index (κ1) is 37.2. The Morgan fingerprint density at radius 1 is 0.619 bits per heavy atom. The summed E-state index contributed by atoms with van der Waals surface area (Å²) in [6.45, 7) is 14.0. The first-order valence-electron chi connectivity index (χ1n) is 13.7. The van der Waals surface area contributed by atoms with Crippen molar-refractivity contribution in [3.05, 3.63) is 58.9 Å². The smallest absolute Gasteiger partial charge is 0.388 e. The van der Waals surface area contributed by atoms with Crippen molar-refractivity contribution in [2.45, 2.75) is 117 Å². The summed E-state index contributed by atoms with van der Waals surface area (Å²) >= 11 is 0. The number of aliphatic hydroxyl groups is 2. The molecular weight excluding hydrogens is 566 g/mol. The maximum absolute atomic E-state index is 13.0. The maximum Gasteiger partial charge on any atom is 0.454 e. The van der Waals surface area contributed by atoms with Gasteiger partial charge in [0.1, 0.15) is 0 Å². The molecule has 2 unspecified atom stereocenters. The Morgan fingerprint density at radius 2 is 0.857 bits per heavy atom. The molecule has 1 rings (SSSR count). The summed E-state index contributed by atoms with van der Waals surface area (Å²) in [7, 11) is 0. The number of ketones is 2. The highest BCUT2D eigenvalue weighted by Gasteiger charge is 2.38. The van der Waals surface area contributed by atoms with Crippen molar-refractivity contribution >= 4 is 11.6 Å². The van der Waals surface area contributed by atoms with E-state index in [1.165, 1.54) is 24.3 Å². The van der Waals surface area contributed by atoms with E-state index in [-0.39, 0.29) is 59.5 Å². The van der Waals surface area contributed by atoms with Crippen molar-refractivity contribution < 1.29 is 46.1 Å². The van der Waals surface area contributed by atoms with Crippen LogP contribution in [0.25, 0.3) is 0 Å². The number of carbonyl (C=O) groups is 2. The van der Waals surface area contributed by atoms with Gasteiger partial charge in [-0.05, 0) is 66.5 Å². The second-order valence-corrected chi connectivity index (χ2v) is 11.3. The molecule has 0 radical (unpaired) electrons. The molecule has 42 heavy (non-hydrogen) atoms. The lowest BCUT2D eigenvalue weighted by atomic mass is 9.97. The SMILES string of the molecule is CC(C)N(/C(=C\C(=O)C(F)(F)F)CC(O)c1ccc(C(O)C/C(=C\C(=O)C(F)(F)F)N(C(C)C)C(C)C)cc1)C(C)C. The third-order valence-corrected chi connectivity index (χ3v) is 6.55. The van der Waals surface area contributed by atoms with Gasteiger partial charge in [-0.25, -0.2) is 0 Å². The minimum absolute atomic E-state index is 0.00510. The van der Waals surface area contributed by atoms with E-state index in [2.05, 4.69) is 0 Å². The summed E-state index contributed by atoms with van der Waals surface area (Å²) < 4.78 is 78.2. The van der Waals surface area contributed by atoms with Gasteiger partial charge in [0.2, 0.25) is 0 Å². The van der Waals surface area contributed by atoms with Crippen LogP contribution in [-0.4, -0.2) is 68.1 Å². The van der Waals surface area contributed by atoms with Crippen molar-refractivity contribution in [3.8, 4) is 0 Å². The van der Waals surface area contributed by atoms with E-state index < -0.39 is 36.1 Å². The molecule has 0 saturated carbocycles. The Kier molecular flexibility index (Phi) is 13.3. The molecule has 6 nitrogen and oxygen atoms in total. The van der Waals surface area contributed by atoms with Crippen LogP contribution >= 0.6 is 0 Å². The van der Waals surface area contributed by atoms with E-state index in [4.69, 9.17) is 0 Å². The Morgan fingerprint density at radius 3 is 1.05 bits per heavy atom. The van der Waals surface area contributed by atoms with Gasteiger partial charge in [0.25, 0.3) is 11.6 Å². The van der Waals surface area contributed by atoms with Gasteiger partial charge in [0.15, 0.2) is 0 Å². The van der Waals surface area contributed by atoms with Crippen LogP contribution < -0.4 is 0 Å². The first-order chi connectivity index (χ1) is 19.1. The topological polar surface area (TPSA) is 81.1 Å². The molecule has 0 saturated heterocycles. The molecule has 0 fully saturated rings. The van der Waals surface area contributed by atoms with Gasteiger partial charge < -0.3 is 20.0 Å². The van der Waals surface area contributed by atoms with Gasteiger partial charge in [0, 0.05) is 60.6 Å². The second-order valence-electron chi connectivity index (χ2n) is 11.3. The number of allylic oxidation sites excluding steroid dienone is 2. The minimum atomic E-state index is -5.08. The van der Waals surface area contributed by atoms with E-state index in [9.17, 15) is 46.1 Å². The molecule has 0 heterocycles. The molecule has 0 bridgehead atoms. The predicted octanol–water partition coefficient (Wildman–Crippen LogP) is 6.80. The average Bonchev–Trinajstić information content (AvgIpc) is 2.81. The van der Waals surface area contributed by atoms with Crippen LogP contribution in [-0.2, 0) is 9.59 Å². The molecule has 12 heteroatoms. The number of benzene rings is 1. The van der Waals surface area contributed by atoms with Crippen molar-refractivity contribution in [1.29, 1.82) is 0 Å². The minimum Gasteiger partial charge on any atom is -0.388 e. The molecule has 0 aliphatic carbocycles. The van der Waals surface area contributed by atoms with Gasteiger partial charge in [0.05, 0.1) is 12.2 Å². The van der Waals surface area contributed by atoms with Crippen LogP contribution in [0.2, 0.25) is 0 Å². The summed E-state index contributed by atoms with van der Waals surface area (Å²) in [5.74, 6) is -4.08. The number of nitrogens with zero attached hydrogens (tertiary/aromatic N) is 2. The highest BCUT2D eigenvalue weighted by molar-refractivity contribution is 5.95. The predicted molar refractivity (Wildman–Crippen MR) is 148 cm³/mol. The molecule has 238 valence electrons. The van der Waals surface area contributed by atoms with Gasteiger partial charge in [-0.2, -0.15) is 26.3 Å². The van der Waals surface area contributed by atoms with E-state index in [1.807, 2.05) is 0 Å². The van der Waals surface area contributed by atoms with Crippen molar-refractivity contribution in [2.75, 3.05) is 0 Å². The fraction of sp³-hybridized carbons (Fsp3) is 0.600. The third kappa shape index (κ3) is 10.8. The quantitative estimate of drug-likeness (QED) is 0.179. The molecule has 0 aliphatic heterocycles. The number of hydrogen-bond acceptors (Lipinski definition) is 6. The monoisotopic (exact) mass is 608 g/mol. The zero-order valence-electron chi connectivity index (χ0n) is 25.2. The molecule has 1 aromatic carbocycles. The maximum atomic E-state index is 13.0. The molecule has 2 N–H and O–H groups in total. The molecule has 0 aliphatic rings. The number of halogens is 6. The zero-order valence-corrected chi connectivity index (χ0v) is 25.2. The van der Waals surface area contributed by atoms with E-state index in [0.717, 1.165) is 0 Å². The van der Waals surface area contributed by atoms with Crippen LogP contribution in [0.5, 0.6) is 0 Å². The van der Waals surface area contributed by atoms with Gasteiger partial charge >= 0.3 is 12.4 Å². The molecular formula is C30H42F6N2O4. The number of alkyl halides is 6. The second kappa shape index (κ2) is 15.0. The average molecular weight is 609 g/mol. The van der Waals surface area contributed by atoms with Crippen LogP contribution in [0, 0.1) is 0 Å². The third-order valence-electron chi connectivity index (χ3n) is 6.55. The van der Waals surface area contributed by atoms with Gasteiger partial charge in [-0.15, -0.1) is 0 Å². The lowest BCUT2D eigenvalue weighted by Crippen LogP contribution is -2.38. The lowest BCUT2D eigenvalue weighted by molar-refractivity contribution is -0.165. The number of hydrogen-bond donors (Lipinski definition) is 2. The normalized spacial score (nSPS) is 15.0. The van der Waals surface area contributed by atoms with E-state index in [1.54, 1.807) is 65.2 Å². The molecule has 0 amide bonds. The fourth-order valence-corrected chi connectivity index (χ4v) is 5.04. The molecule has 1 aromatic rings. The molecule has 2 atom stereocenters. The highest BCUT2D eigenvalue weighted by atomic mass is 19.4. The van der Waals surface area contributed by atoms with Gasteiger partial charge in [-0.3, -0.25) is 9.59 Å². The first-order valence-corrected chi connectivity index (χ1v) is 13.7. The fourth-order valence-electron chi connectivity index (χ4n) is 5.04. The van der Waals surface area contributed by atoms with Crippen LogP contribution in [0.3, 0.4) is 0 Å². The highest BCUT2D eigenvalue weighted by Crippen LogP contribution is 2.31. The Balaban J connectivity index is 3.32. The number of carbonyl (C=O) groups excluding carboxylic acids is 2. The van der Waals surface area contributed by atoms with Crippen LogP contribution in [0.4, 0.5) is 26.3 Å². The lowest BCUT2D eigenvalue weighted by Gasteiger charge is -2.36. The summed E-state index contributed by atoms with van der Waals surface area (Å²) in [4.78, 5) is 26.8. The van der Waals surface area contributed by atoms with Crippen molar-refractivity contribution in [2.24, 2.45) is 0 Å². The largest absolute Gasteiger partial charge is 0.454 e. The Labute approximate surface area is 243 Å². The molecule has 0 spiro atoms. The summed E-state index contributed by atoms with van der Waals surface area (Å²) in [6, 6.07) is 4.66.